The van der Waals surface area contributed by atoms with Gasteiger partial charge in [0.05, 0.1) is 6.61 Å². The number of Topliss-reactive ketones (excluding diaryl/α,β-unsaturated/α-hetero) is 1. The molecule has 0 aromatic rings. The highest BCUT2D eigenvalue weighted by Gasteiger charge is 2.40. The van der Waals surface area contributed by atoms with Crippen molar-refractivity contribution in [2.45, 2.75) is 37.9 Å². The van der Waals surface area contributed by atoms with E-state index < -0.39 is 36.5 Å². The molecule has 0 aromatic heterocycles. The lowest BCUT2D eigenvalue weighted by molar-refractivity contribution is -0.165. The van der Waals surface area contributed by atoms with Gasteiger partial charge in [0.1, 0.15) is 24.9 Å². The number of aliphatic hydroxyl groups is 3. The maximum Gasteiger partial charge on any atom is 0.189 e. The summed E-state index contributed by atoms with van der Waals surface area (Å²) in [6, 6.07) is 0. The molecule has 6 heteroatoms. The average Bonchev–Trinajstić information content (AvgIpc) is 2.55. The number of hydrogen-bond donors (Lipinski definition) is 3. The van der Waals surface area contributed by atoms with Gasteiger partial charge in [-0.1, -0.05) is 0 Å². The Bertz CT molecular complexity index is 239. The highest BCUT2D eigenvalue weighted by molar-refractivity contribution is 5.84. The molecule has 0 amide bonds. The smallest absolute Gasteiger partial charge is 0.189 e. The van der Waals surface area contributed by atoms with Crippen LogP contribution in [0, 0.1) is 0 Å². The zero-order valence-electron chi connectivity index (χ0n) is 8.71. The first kappa shape index (κ1) is 12.5. The minimum atomic E-state index is -1.64. The Morgan fingerprint density at radius 1 is 1.53 bits per heavy atom. The lowest BCUT2D eigenvalue weighted by atomic mass is 10.1. The van der Waals surface area contributed by atoms with E-state index in [4.69, 9.17) is 14.6 Å². The van der Waals surface area contributed by atoms with Crippen molar-refractivity contribution in [3.63, 3.8) is 0 Å². The standard InChI is InChI=1S/C9H16O6/c1-9(2)14-4-6(15-9)8(13)7(12)5(11)3-10/h6-8,10,12-13H,3-4H2,1-2H3/t6-,7-,8-/m0/s1. The summed E-state index contributed by atoms with van der Waals surface area (Å²) in [5.74, 6) is -1.66. The van der Waals surface area contributed by atoms with Crippen molar-refractivity contribution in [1.82, 2.24) is 0 Å². The number of ketones is 1. The van der Waals surface area contributed by atoms with Gasteiger partial charge in [-0.2, -0.15) is 0 Å². The summed E-state index contributed by atoms with van der Waals surface area (Å²) in [6.45, 7) is 2.62. The molecule has 0 aromatic carbocycles. The molecule has 88 valence electrons. The average molecular weight is 220 g/mol. The van der Waals surface area contributed by atoms with Gasteiger partial charge in [0.25, 0.3) is 0 Å². The Morgan fingerprint density at radius 2 is 2.13 bits per heavy atom. The zero-order valence-corrected chi connectivity index (χ0v) is 8.71. The van der Waals surface area contributed by atoms with Crippen LogP contribution in [0.3, 0.4) is 0 Å². The topological polar surface area (TPSA) is 96.2 Å². The molecule has 15 heavy (non-hydrogen) atoms. The predicted molar refractivity (Wildman–Crippen MR) is 49.0 cm³/mol. The summed E-state index contributed by atoms with van der Waals surface area (Å²) in [6.07, 6.45) is -3.78. The molecule has 0 unspecified atom stereocenters. The molecule has 1 heterocycles. The summed E-state index contributed by atoms with van der Waals surface area (Å²) < 4.78 is 10.4. The van der Waals surface area contributed by atoms with Crippen LogP contribution >= 0.6 is 0 Å². The fraction of sp³-hybridized carbons (Fsp3) is 0.889. The second-order valence-electron chi connectivity index (χ2n) is 3.93. The van der Waals surface area contributed by atoms with Crippen LogP contribution in [0.4, 0.5) is 0 Å². The van der Waals surface area contributed by atoms with Gasteiger partial charge in [-0.3, -0.25) is 4.79 Å². The van der Waals surface area contributed by atoms with Gasteiger partial charge in [-0.25, -0.2) is 0 Å². The molecule has 0 bridgehead atoms. The van der Waals surface area contributed by atoms with Crippen molar-refractivity contribution < 1.29 is 29.6 Å². The van der Waals surface area contributed by atoms with E-state index >= 15 is 0 Å². The largest absolute Gasteiger partial charge is 0.388 e. The van der Waals surface area contributed by atoms with Gasteiger partial charge >= 0.3 is 0 Å². The summed E-state index contributed by atoms with van der Waals surface area (Å²) >= 11 is 0. The third-order valence-corrected chi connectivity index (χ3v) is 2.22. The van der Waals surface area contributed by atoms with Crippen LogP contribution in [0.25, 0.3) is 0 Å². The van der Waals surface area contributed by atoms with Crippen LogP contribution in [0.2, 0.25) is 0 Å². The van der Waals surface area contributed by atoms with E-state index in [9.17, 15) is 15.0 Å². The van der Waals surface area contributed by atoms with E-state index in [2.05, 4.69) is 0 Å². The third kappa shape index (κ3) is 2.96. The molecule has 0 spiro atoms. The van der Waals surface area contributed by atoms with Crippen molar-refractivity contribution in [2.24, 2.45) is 0 Å². The van der Waals surface area contributed by atoms with Gasteiger partial charge in [0.15, 0.2) is 11.6 Å². The fourth-order valence-corrected chi connectivity index (χ4v) is 1.37. The van der Waals surface area contributed by atoms with E-state index in [1.165, 1.54) is 0 Å². The number of hydrogen-bond acceptors (Lipinski definition) is 6. The van der Waals surface area contributed by atoms with Gasteiger partial charge in [-0.15, -0.1) is 0 Å². The molecule has 0 aliphatic carbocycles. The van der Waals surface area contributed by atoms with Crippen LogP contribution in [-0.2, 0) is 14.3 Å². The van der Waals surface area contributed by atoms with Gasteiger partial charge in [0, 0.05) is 0 Å². The summed E-state index contributed by atoms with van der Waals surface area (Å²) in [7, 11) is 0. The quantitative estimate of drug-likeness (QED) is 0.529. The Hall–Kier alpha value is -0.530. The van der Waals surface area contributed by atoms with E-state index in [0.29, 0.717) is 0 Å². The number of carbonyl (C=O) groups is 1. The van der Waals surface area contributed by atoms with Crippen LogP contribution in [-0.4, -0.2) is 58.4 Å². The van der Waals surface area contributed by atoms with Gasteiger partial charge in [0.2, 0.25) is 0 Å². The Labute approximate surface area is 87.4 Å². The van der Waals surface area contributed by atoms with Crippen molar-refractivity contribution >= 4 is 5.78 Å². The maximum absolute atomic E-state index is 10.9. The van der Waals surface area contributed by atoms with E-state index in [1.54, 1.807) is 13.8 Å². The molecule has 1 aliphatic rings. The van der Waals surface area contributed by atoms with Crippen molar-refractivity contribution in [3.8, 4) is 0 Å². The Morgan fingerprint density at radius 3 is 2.53 bits per heavy atom. The zero-order chi connectivity index (χ0) is 11.6. The monoisotopic (exact) mass is 220 g/mol. The summed E-state index contributed by atoms with van der Waals surface area (Å²) in [5.41, 5.74) is 0. The lowest BCUT2D eigenvalue weighted by Crippen LogP contribution is -2.44. The van der Waals surface area contributed by atoms with Gasteiger partial charge < -0.3 is 24.8 Å². The molecule has 1 aliphatic heterocycles. The number of ether oxygens (including phenoxy) is 2. The van der Waals surface area contributed by atoms with E-state index in [-0.39, 0.29) is 6.61 Å². The molecular weight excluding hydrogens is 204 g/mol. The third-order valence-electron chi connectivity index (χ3n) is 2.22. The highest BCUT2D eigenvalue weighted by Crippen LogP contribution is 2.25. The molecule has 0 radical (unpaired) electrons. The molecule has 3 N–H and O–H groups in total. The van der Waals surface area contributed by atoms with Crippen molar-refractivity contribution in [2.75, 3.05) is 13.2 Å². The molecule has 0 saturated carbocycles. The van der Waals surface area contributed by atoms with Crippen LogP contribution in [0.5, 0.6) is 0 Å². The predicted octanol–water partition coefficient (Wildman–Crippen LogP) is -1.58. The van der Waals surface area contributed by atoms with Crippen molar-refractivity contribution in [3.05, 3.63) is 0 Å². The number of carbonyl (C=O) groups excluding carboxylic acids is 1. The second-order valence-corrected chi connectivity index (χ2v) is 3.93. The molecular formula is C9H16O6. The second kappa shape index (κ2) is 4.54. The van der Waals surface area contributed by atoms with Crippen LogP contribution < -0.4 is 0 Å². The Balaban J connectivity index is 2.55. The molecule has 6 nitrogen and oxygen atoms in total. The molecule has 1 saturated heterocycles. The minimum absolute atomic E-state index is 0.101. The van der Waals surface area contributed by atoms with Gasteiger partial charge in [-0.05, 0) is 13.8 Å². The minimum Gasteiger partial charge on any atom is -0.388 e. The van der Waals surface area contributed by atoms with E-state index in [1.807, 2.05) is 0 Å². The first-order valence-electron chi connectivity index (χ1n) is 4.69. The van der Waals surface area contributed by atoms with Crippen LogP contribution in [0.15, 0.2) is 0 Å². The highest BCUT2D eigenvalue weighted by atomic mass is 16.7. The summed E-state index contributed by atoms with van der Waals surface area (Å²) in [4.78, 5) is 10.9. The normalized spacial score (nSPS) is 28.7. The first-order valence-corrected chi connectivity index (χ1v) is 4.69. The fourth-order valence-electron chi connectivity index (χ4n) is 1.37. The van der Waals surface area contributed by atoms with Crippen LogP contribution in [0.1, 0.15) is 13.8 Å². The van der Waals surface area contributed by atoms with E-state index in [0.717, 1.165) is 0 Å². The SMILES string of the molecule is CC1(C)OC[C@@H]([C@H](O)[C@@H](O)C(=O)CO)O1. The summed E-state index contributed by atoms with van der Waals surface area (Å²) in [5, 5.41) is 27.4. The number of rotatable bonds is 4. The lowest BCUT2D eigenvalue weighted by Gasteiger charge is -2.22. The number of aliphatic hydroxyl groups excluding tert-OH is 3. The molecule has 1 fully saturated rings. The van der Waals surface area contributed by atoms with Crippen molar-refractivity contribution in [1.29, 1.82) is 0 Å². The Kier molecular flexibility index (Phi) is 3.80. The first-order chi connectivity index (χ1) is 6.87. The maximum atomic E-state index is 10.9. The molecule has 3 atom stereocenters. The molecule has 1 rings (SSSR count).